The van der Waals surface area contributed by atoms with Crippen LogP contribution in [-0.2, 0) is 4.74 Å². The predicted molar refractivity (Wildman–Crippen MR) is 93.3 cm³/mol. The highest BCUT2D eigenvalue weighted by Crippen LogP contribution is 2.38. The lowest BCUT2D eigenvalue weighted by Crippen LogP contribution is -2.42. The molecule has 2 rings (SSSR count). The molecule has 1 atom stereocenters. The first-order chi connectivity index (χ1) is 10.4. The average molecular weight is 309 g/mol. The zero-order chi connectivity index (χ0) is 16.2. The normalized spacial score (nSPS) is 26.5. The Morgan fingerprint density at radius 1 is 1.36 bits per heavy atom. The fourth-order valence-electron chi connectivity index (χ4n) is 3.97. The molecular weight excluding hydrogens is 274 g/mol. The van der Waals surface area contributed by atoms with Crippen LogP contribution in [0.2, 0.25) is 0 Å². The van der Waals surface area contributed by atoms with Gasteiger partial charge in [0.2, 0.25) is 0 Å². The summed E-state index contributed by atoms with van der Waals surface area (Å²) >= 11 is 0. The molecular formula is C18H35N3O. The monoisotopic (exact) mass is 309 g/mol. The van der Waals surface area contributed by atoms with Crippen LogP contribution in [0.5, 0.6) is 0 Å². The Balaban J connectivity index is 1.98. The van der Waals surface area contributed by atoms with Gasteiger partial charge in [-0.15, -0.1) is 0 Å². The largest absolute Gasteiger partial charge is 0.381 e. The Kier molecular flexibility index (Phi) is 5.76. The third-order valence-electron chi connectivity index (χ3n) is 4.88. The summed E-state index contributed by atoms with van der Waals surface area (Å²) < 4.78 is 5.64. The molecule has 0 saturated carbocycles. The first-order valence-electron chi connectivity index (χ1n) is 8.97. The van der Waals surface area contributed by atoms with Gasteiger partial charge >= 0.3 is 0 Å². The number of rotatable bonds is 5. The van der Waals surface area contributed by atoms with E-state index in [1.807, 2.05) is 0 Å². The topological polar surface area (TPSA) is 36.9 Å². The molecule has 1 spiro atoms. The molecule has 0 aromatic heterocycles. The number of likely N-dealkylation sites (tertiary alicyclic amines) is 1. The van der Waals surface area contributed by atoms with Crippen LogP contribution >= 0.6 is 0 Å². The molecule has 2 saturated heterocycles. The standard InChI is InChI=1S/C18H35N3O/c1-6-19-16(20-12-17(4,5)11-15(2)3)21-9-7-18(13-21)8-10-22-14-18/h15H,6-14H2,1-5H3,(H,19,20). The van der Waals surface area contributed by atoms with Gasteiger partial charge in [-0.2, -0.15) is 0 Å². The van der Waals surface area contributed by atoms with E-state index in [4.69, 9.17) is 9.73 Å². The van der Waals surface area contributed by atoms with Crippen molar-refractivity contribution in [3.63, 3.8) is 0 Å². The third kappa shape index (κ3) is 4.61. The minimum Gasteiger partial charge on any atom is -0.381 e. The number of hydrogen-bond acceptors (Lipinski definition) is 2. The number of hydrogen-bond donors (Lipinski definition) is 1. The molecule has 0 amide bonds. The van der Waals surface area contributed by atoms with Gasteiger partial charge in [-0.1, -0.05) is 27.7 Å². The second-order valence-electron chi connectivity index (χ2n) is 8.41. The molecule has 0 radical (unpaired) electrons. The molecule has 4 heteroatoms. The van der Waals surface area contributed by atoms with Gasteiger partial charge < -0.3 is 15.0 Å². The van der Waals surface area contributed by atoms with Crippen molar-refractivity contribution in [3.8, 4) is 0 Å². The van der Waals surface area contributed by atoms with Gasteiger partial charge in [-0.05, 0) is 37.5 Å². The minimum atomic E-state index is 0.267. The molecule has 0 bridgehead atoms. The van der Waals surface area contributed by atoms with Crippen LogP contribution in [0.15, 0.2) is 4.99 Å². The maximum atomic E-state index is 5.64. The van der Waals surface area contributed by atoms with Crippen LogP contribution in [0, 0.1) is 16.7 Å². The molecule has 0 aliphatic carbocycles. The summed E-state index contributed by atoms with van der Waals surface area (Å²) in [6.45, 7) is 17.3. The summed E-state index contributed by atoms with van der Waals surface area (Å²) in [5, 5.41) is 3.49. The summed E-state index contributed by atoms with van der Waals surface area (Å²) in [5.74, 6) is 1.82. The summed E-state index contributed by atoms with van der Waals surface area (Å²) in [5.41, 5.74) is 0.659. The highest BCUT2D eigenvalue weighted by Gasteiger charge is 2.42. The maximum Gasteiger partial charge on any atom is 0.193 e. The SMILES string of the molecule is CCNC(=NCC(C)(C)CC(C)C)N1CCC2(CCOC2)C1. The van der Waals surface area contributed by atoms with E-state index in [0.29, 0.717) is 5.41 Å². The van der Waals surface area contributed by atoms with Crippen molar-refractivity contribution < 1.29 is 4.74 Å². The van der Waals surface area contributed by atoms with E-state index in [0.717, 1.165) is 51.3 Å². The lowest BCUT2D eigenvalue weighted by atomic mass is 9.84. The zero-order valence-corrected chi connectivity index (χ0v) is 15.2. The fraction of sp³-hybridized carbons (Fsp3) is 0.944. The van der Waals surface area contributed by atoms with Crippen molar-refractivity contribution in [3.05, 3.63) is 0 Å². The van der Waals surface area contributed by atoms with Gasteiger partial charge in [0.25, 0.3) is 0 Å². The lowest BCUT2D eigenvalue weighted by molar-refractivity contribution is 0.156. The molecule has 0 aromatic carbocycles. The van der Waals surface area contributed by atoms with Crippen LogP contribution in [-0.4, -0.2) is 50.3 Å². The highest BCUT2D eigenvalue weighted by atomic mass is 16.5. The van der Waals surface area contributed by atoms with Crippen molar-refractivity contribution in [1.82, 2.24) is 10.2 Å². The Morgan fingerprint density at radius 2 is 2.14 bits per heavy atom. The van der Waals surface area contributed by atoms with Crippen LogP contribution in [0.3, 0.4) is 0 Å². The molecule has 1 unspecified atom stereocenters. The second-order valence-corrected chi connectivity index (χ2v) is 8.41. The highest BCUT2D eigenvalue weighted by molar-refractivity contribution is 5.80. The Hall–Kier alpha value is -0.770. The zero-order valence-electron chi connectivity index (χ0n) is 15.2. The van der Waals surface area contributed by atoms with E-state index in [1.165, 1.54) is 19.3 Å². The smallest absolute Gasteiger partial charge is 0.193 e. The molecule has 128 valence electrons. The van der Waals surface area contributed by atoms with Crippen LogP contribution in [0.4, 0.5) is 0 Å². The summed E-state index contributed by atoms with van der Waals surface area (Å²) in [6, 6.07) is 0. The molecule has 2 aliphatic rings. The van der Waals surface area contributed by atoms with Crippen molar-refractivity contribution >= 4 is 5.96 Å². The summed E-state index contributed by atoms with van der Waals surface area (Å²) in [6.07, 6.45) is 3.67. The Bertz CT molecular complexity index is 384. The van der Waals surface area contributed by atoms with E-state index in [1.54, 1.807) is 0 Å². The second kappa shape index (κ2) is 7.20. The molecule has 2 fully saturated rings. The van der Waals surface area contributed by atoms with E-state index in [-0.39, 0.29) is 5.41 Å². The maximum absolute atomic E-state index is 5.64. The van der Waals surface area contributed by atoms with Gasteiger partial charge in [-0.3, -0.25) is 4.99 Å². The van der Waals surface area contributed by atoms with E-state index < -0.39 is 0 Å². The van der Waals surface area contributed by atoms with Gasteiger partial charge in [0, 0.05) is 38.2 Å². The number of guanidine groups is 1. The van der Waals surface area contributed by atoms with E-state index in [2.05, 4.69) is 44.8 Å². The summed E-state index contributed by atoms with van der Waals surface area (Å²) in [4.78, 5) is 7.41. The van der Waals surface area contributed by atoms with Crippen LogP contribution < -0.4 is 5.32 Å². The van der Waals surface area contributed by atoms with Crippen LogP contribution in [0.1, 0.15) is 53.9 Å². The molecule has 1 N–H and O–H groups in total. The van der Waals surface area contributed by atoms with Gasteiger partial charge in [0.05, 0.1) is 6.61 Å². The Morgan fingerprint density at radius 3 is 2.73 bits per heavy atom. The molecule has 0 aromatic rings. The van der Waals surface area contributed by atoms with Gasteiger partial charge in [0.15, 0.2) is 5.96 Å². The van der Waals surface area contributed by atoms with E-state index >= 15 is 0 Å². The number of ether oxygens (including phenoxy) is 1. The van der Waals surface area contributed by atoms with Crippen molar-refractivity contribution in [2.45, 2.75) is 53.9 Å². The Labute approximate surface area is 136 Å². The number of nitrogens with one attached hydrogen (secondary N) is 1. The quantitative estimate of drug-likeness (QED) is 0.626. The lowest BCUT2D eigenvalue weighted by Gasteiger charge is -2.28. The molecule has 2 aliphatic heterocycles. The van der Waals surface area contributed by atoms with Crippen molar-refractivity contribution in [2.75, 3.05) is 39.4 Å². The van der Waals surface area contributed by atoms with E-state index in [9.17, 15) is 0 Å². The number of aliphatic imine (C=N–C) groups is 1. The molecule has 4 nitrogen and oxygen atoms in total. The summed E-state index contributed by atoms with van der Waals surface area (Å²) in [7, 11) is 0. The molecule has 22 heavy (non-hydrogen) atoms. The minimum absolute atomic E-state index is 0.267. The predicted octanol–water partition coefficient (Wildman–Crippen LogP) is 3.14. The van der Waals surface area contributed by atoms with Crippen LogP contribution in [0.25, 0.3) is 0 Å². The number of nitrogens with zero attached hydrogens (tertiary/aromatic N) is 2. The first kappa shape index (κ1) is 17.6. The third-order valence-corrected chi connectivity index (χ3v) is 4.88. The fourth-order valence-corrected chi connectivity index (χ4v) is 3.97. The first-order valence-corrected chi connectivity index (χ1v) is 8.97. The molecule has 2 heterocycles. The van der Waals surface area contributed by atoms with Gasteiger partial charge in [-0.25, -0.2) is 0 Å². The van der Waals surface area contributed by atoms with Crippen molar-refractivity contribution in [2.24, 2.45) is 21.7 Å². The average Bonchev–Trinajstić information content (AvgIpc) is 3.04. The van der Waals surface area contributed by atoms with Gasteiger partial charge in [0.1, 0.15) is 0 Å². The van der Waals surface area contributed by atoms with Crippen molar-refractivity contribution in [1.29, 1.82) is 0 Å².